The molecular formula is C17H24N6O2. The Labute approximate surface area is 147 Å². The minimum Gasteiger partial charge on any atom is -0.474 e. The van der Waals surface area contributed by atoms with E-state index in [9.17, 15) is 4.79 Å². The maximum atomic E-state index is 12.7. The van der Waals surface area contributed by atoms with Crippen LogP contribution in [0.5, 0.6) is 5.88 Å². The van der Waals surface area contributed by atoms with Crippen LogP contribution in [0.3, 0.4) is 0 Å². The fourth-order valence-corrected chi connectivity index (χ4v) is 3.02. The minimum atomic E-state index is -0.0577. The first-order valence-electron chi connectivity index (χ1n) is 8.28. The number of imidazole rings is 1. The summed E-state index contributed by atoms with van der Waals surface area (Å²) >= 11 is 0. The van der Waals surface area contributed by atoms with Crippen molar-refractivity contribution in [1.29, 1.82) is 0 Å². The van der Waals surface area contributed by atoms with Gasteiger partial charge in [0.25, 0.3) is 0 Å². The van der Waals surface area contributed by atoms with Crippen LogP contribution in [-0.2, 0) is 24.8 Å². The highest BCUT2D eigenvalue weighted by Crippen LogP contribution is 2.23. The summed E-state index contributed by atoms with van der Waals surface area (Å²) in [7, 11) is 5.76. The number of amides is 1. The van der Waals surface area contributed by atoms with Crippen LogP contribution >= 0.6 is 0 Å². The largest absolute Gasteiger partial charge is 0.474 e. The molecule has 0 fully saturated rings. The summed E-state index contributed by atoms with van der Waals surface area (Å²) in [5.74, 6) is 0.557. The van der Waals surface area contributed by atoms with Crippen molar-refractivity contribution < 1.29 is 9.53 Å². The number of carbonyl (C=O) groups is 1. The third kappa shape index (κ3) is 3.96. The normalized spacial score (nSPS) is 16.8. The monoisotopic (exact) mass is 344 g/mol. The molecule has 8 heteroatoms. The molecule has 0 aliphatic carbocycles. The highest BCUT2D eigenvalue weighted by molar-refractivity contribution is 5.78. The van der Waals surface area contributed by atoms with E-state index in [-0.39, 0.29) is 11.9 Å². The first-order chi connectivity index (χ1) is 11.9. The summed E-state index contributed by atoms with van der Waals surface area (Å²) in [5.41, 5.74) is 2.91. The number of carbonyl (C=O) groups excluding carboxylic acids is 1. The van der Waals surface area contributed by atoms with E-state index in [1.807, 2.05) is 42.4 Å². The molecule has 3 heterocycles. The molecule has 0 aromatic carbocycles. The first kappa shape index (κ1) is 17.3. The molecule has 3 rings (SSSR count). The van der Waals surface area contributed by atoms with E-state index in [0.717, 1.165) is 17.1 Å². The van der Waals surface area contributed by atoms with Crippen molar-refractivity contribution in [1.82, 2.24) is 29.3 Å². The molecule has 1 unspecified atom stereocenters. The van der Waals surface area contributed by atoms with E-state index < -0.39 is 0 Å². The van der Waals surface area contributed by atoms with Gasteiger partial charge in [-0.3, -0.25) is 9.78 Å². The number of aromatic nitrogens is 4. The van der Waals surface area contributed by atoms with Crippen LogP contribution in [0.1, 0.15) is 17.1 Å². The predicted molar refractivity (Wildman–Crippen MR) is 92.1 cm³/mol. The molecule has 0 bridgehead atoms. The quantitative estimate of drug-likeness (QED) is 0.782. The van der Waals surface area contributed by atoms with Gasteiger partial charge in [0.15, 0.2) is 0 Å². The van der Waals surface area contributed by atoms with E-state index in [1.54, 1.807) is 18.7 Å². The van der Waals surface area contributed by atoms with E-state index in [2.05, 4.69) is 15.0 Å². The second-order valence-corrected chi connectivity index (χ2v) is 6.68. The molecule has 0 radical (unpaired) electrons. The second-order valence-electron chi connectivity index (χ2n) is 6.68. The number of rotatable bonds is 5. The summed E-state index contributed by atoms with van der Waals surface area (Å²) in [6, 6.07) is -0.0577. The molecule has 25 heavy (non-hydrogen) atoms. The lowest BCUT2D eigenvalue weighted by Crippen LogP contribution is -2.50. The van der Waals surface area contributed by atoms with Gasteiger partial charge in [0, 0.05) is 25.4 Å². The highest BCUT2D eigenvalue weighted by atomic mass is 16.5. The van der Waals surface area contributed by atoms with Crippen molar-refractivity contribution in [3.63, 3.8) is 0 Å². The van der Waals surface area contributed by atoms with Crippen LogP contribution in [0, 0.1) is 6.92 Å². The summed E-state index contributed by atoms with van der Waals surface area (Å²) in [4.78, 5) is 29.2. The minimum absolute atomic E-state index is 0.0577. The summed E-state index contributed by atoms with van der Waals surface area (Å²) in [6.45, 7) is 3.12. The Bertz CT molecular complexity index is 757. The van der Waals surface area contributed by atoms with Crippen LogP contribution in [-0.4, -0.2) is 68.5 Å². The third-order valence-electron chi connectivity index (χ3n) is 4.26. The maximum absolute atomic E-state index is 12.7. The van der Waals surface area contributed by atoms with Crippen LogP contribution in [0.2, 0.25) is 0 Å². The maximum Gasteiger partial charge on any atom is 0.237 e. The average Bonchev–Trinajstić information content (AvgIpc) is 2.92. The zero-order valence-electron chi connectivity index (χ0n) is 15.1. The molecule has 0 spiro atoms. The van der Waals surface area contributed by atoms with Gasteiger partial charge in [-0.1, -0.05) is 0 Å². The van der Waals surface area contributed by atoms with Crippen LogP contribution < -0.4 is 4.74 Å². The molecule has 1 aliphatic rings. The number of hydrogen-bond acceptors (Lipinski definition) is 6. The molecule has 1 aliphatic heterocycles. The standard InChI is InChI=1S/C17H24N6O2/c1-12-6-18-7-16(20-12)25-10-13-5-15-14(19-11-22(15)4)8-23(13)17(24)9-21(2)3/h6-7,11,13H,5,8-10H2,1-4H3. The lowest BCUT2D eigenvalue weighted by molar-refractivity contribution is -0.136. The molecule has 2 aromatic rings. The number of ether oxygens (including phenoxy) is 1. The summed E-state index contributed by atoms with van der Waals surface area (Å²) < 4.78 is 7.85. The van der Waals surface area contributed by atoms with Crippen molar-refractivity contribution >= 4 is 5.91 Å². The molecule has 2 aromatic heterocycles. The van der Waals surface area contributed by atoms with Gasteiger partial charge in [0.1, 0.15) is 6.61 Å². The molecule has 0 saturated carbocycles. The Kier molecular flexibility index (Phi) is 4.98. The van der Waals surface area contributed by atoms with Crippen molar-refractivity contribution in [3.8, 4) is 5.88 Å². The second kappa shape index (κ2) is 7.18. The smallest absolute Gasteiger partial charge is 0.237 e. The van der Waals surface area contributed by atoms with Gasteiger partial charge >= 0.3 is 0 Å². The van der Waals surface area contributed by atoms with Crippen LogP contribution in [0.25, 0.3) is 0 Å². The predicted octanol–water partition coefficient (Wildman–Crippen LogP) is 0.412. The van der Waals surface area contributed by atoms with E-state index in [4.69, 9.17) is 4.74 Å². The Balaban J connectivity index is 1.77. The summed E-state index contributed by atoms with van der Waals surface area (Å²) in [5, 5.41) is 0. The fourth-order valence-electron chi connectivity index (χ4n) is 3.02. The topological polar surface area (TPSA) is 76.4 Å². The van der Waals surface area contributed by atoms with Gasteiger partial charge in [0.05, 0.1) is 43.0 Å². The molecule has 134 valence electrons. The van der Waals surface area contributed by atoms with Gasteiger partial charge < -0.3 is 19.1 Å². The number of nitrogens with zero attached hydrogens (tertiary/aromatic N) is 6. The fraction of sp³-hybridized carbons (Fsp3) is 0.529. The third-order valence-corrected chi connectivity index (χ3v) is 4.26. The molecule has 0 saturated heterocycles. The Morgan fingerprint density at radius 2 is 2.20 bits per heavy atom. The van der Waals surface area contributed by atoms with Crippen LogP contribution in [0.15, 0.2) is 18.7 Å². The molecule has 1 amide bonds. The van der Waals surface area contributed by atoms with Crippen molar-refractivity contribution in [2.24, 2.45) is 7.05 Å². The highest BCUT2D eigenvalue weighted by Gasteiger charge is 2.32. The molecule has 8 nitrogen and oxygen atoms in total. The van der Waals surface area contributed by atoms with Crippen molar-refractivity contribution in [3.05, 3.63) is 35.8 Å². The van der Waals surface area contributed by atoms with Gasteiger partial charge in [0.2, 0.25) is 11.8 Å². The van der Waals surface area contributed by atoms with Crippen molar-refractivity contribution in [2.45, 2.75) is 25.9 Å². The van der Waals surface area contributed by atoms with Crippen LogP contribution in [0.4, 0.5) is 0 Å². The number of aryl methyl sites for hydroxylation is 2. The molecular weight excluding hydrogens is 320 g/mol. The zero-order chi connectivity index (χ0) is 18.0. The van der Waals surface area contributed by atoms with Gasteiger partial charge in [-0.25, -0.2) is 9.97 Å². The Morgan fingerprint density at radius 1 is 1.40 bits per heavy atom. The number of fused-ring (bicyclic) bond motifs is 1. The Morgan fingerprint density at radius 3 is 2.92 bits per heavy atom. The molecule has 0 N–H and O–H groups in total. The van der Waals surface area contributed by atoms with E-state index >= 15 is 0 Å². The first-order valence-corrected chi connectivity index (χ1v) is 8.28. The Hall–Kier alpha value is -2.48. The lowest BCUT2D eigenvalue weighted by atomic mass is 10.0. The zero-order valence-corrected chi connectivity index (χ0v) is 15.1. The SMILES string of the molecule is Cc1cncc(OCC2Cc3c(ncn3C)CN2C(=O)CN(C)C)n1. The molecule has 1 atom stereocenters. The summed E-state index contributed by atoms with van der Waals surface area (Å²) in [6.07, 6.45) is 5.79. The number of likely N-dealkylation sites (N-methyl/N-ethyl adjacent to an activating group) is 1. The average molecular weight is 344 g/mol. The van der Waals surface area contributed by atoms with E-state index in [0.29, 0.717) is 32.0 Å². The van der Waals surface area contributed by atoms with E-state index in [1.165, 1.54) is 0 Å². The van der Waals surface area contributed by atoms with Gasteiger partial charge in [-0.15, -0.1) is 0 Å². The van der Waals surface area contributed by atoms with Gasteiger partial charge in [-0.05, 0) is 21.0 Å². The van der Waals surface area contributed by atoms with Gasteiger partial charge in [-0.2, -0.15) is 0 Å². The number of hydrogen-bond donors (Lipinski definition) is 0. The lowest BCUT2D eigenvalue weighted by Gasteiger charge is -2.35. The van der Waals surface area contributed by atoms with Crippen molar-refractivity contribution in [2.75, 3.05) is 27.2 Å².